The van der Waals surface area contributed by atoms with Crippen LogP contribution in [0.3, 0.4) is 0 Å². The fourth-order valence-corrected chi connectivity index (χ4v) is 2.66. The first-order chi connectivity index (χ1) is 12.0. The maximum absolute atomic E-state index is 13.7. The molecule has 0 aliphatic carbocycles. The van der Waals surface area contributed by atoms with Crippen molar-refractivity contribution in [2.45, 2.75) is 39.2 Å². The zero-order valence-electron chi connectivity index (χ0n) is 15.2. The molecular formula is C21H27FN2O. The van der Waals surface area contributed by atoms with Crippen molar-refractivity contribution in [3.05, 3.63) is 71.0 Å². The molecule has 134 valence electrons. The summed E-state index contributed by atoms with van der Waals surface area (Å²) < 4.78 is 13.7. The Morgan fingerprint density at radius 2 is 1.72 bits per heavy atom. The van der Waals surface area contributed by atoms with Crippen LogP contribution in [-0.2, 0) is 11.2 Å². The highest BCUT2D eigenvalue weighted by molar-refractivity contribution is 5.78. The van der Waals surface area contributed by atoms with Crippen LogP contribution < -0.4 is 10.6 Å². The first kappa shape index (κ1) is 19.1. The number of nitrogens with one attached hydrogen (secondary N) is 2. The van der Waals surface area contributed by atoms with E-state index in [-0.39, 0.29) is 24.3 Å². The minimum atomic E-state index is -0.257. The Morgan fingerprint density at radius 1 is 1.04 bits per heavy atom. The van der Waals surface area contributed by atoms with Gasteiger partial charge in [-0.2, -0.15) is 0 Å². The Kier molecular flexibility index (Phi) is 7.14. The van der Waals surface area contributed by atoms with E-state index in [4.69, 9.17) is 0 Å². The largest absolute Gasteiger partial charge is 0.355 e. The summed E-state index contributed by atoms with van der Waals surface area (Å²) in [5, 5.41) is 5.95. The summed E-state index contributed by atoms with van der Waals surface area (Å²) in [6, 6.07) is 14.9. The van der Waals surface area contributed by atoms with Crippen molar-refractivity contribution in [2.75, 3.05) is 13.1 Å². The third-order valence-electron chi connectivity index (χ3n) is 4.32. The Balaban J connectivity index is 1.71. The quantitative estimate of drug-likeness (QED) is 0.762. The van der Waals surface area contributed by atoms with E-state index in [1.54, 1.807) is 18.2 Å². The van der Waals surface area contributed by atoms with Crippen LogP contribution in [0, 0.1) is 5.82 Å². The lowest BCUT2D eigenvalue weighted by atomic mass is 10.0. The molecule has 0 fully saturated rings. The number of hydrogen-bond donors (Lipinski definition) is 2. The van der Waals surface area contributed by atoms with Gasteiger partial charge in [-0.25, -0.2) is 4.39 Å². The molecule has 3 nitrogen and oxygen atoms in total. The molecule has 0 aliphatic rings. The van der Waals surface area contributed by atoms with Crippen LogP contribution in [0.2, 0.25) is 0 Å². The van der Waals surface area contributed by atoms with Gasteiger partial charge >= 0.3 is 0 Å². The minimum Gasteiger partial charge on any atom is -0.355 e. The molecule has 2 aromatic carbocycles. The third-order valence-corrected chi connectivity index (χ3v) is 4.32. The van der Waals surface area contributed by atoms with E-state index in [1.165, 1.54) is 17.2 Å². The van der Waals surface area contributed by atoms with E-state index in [0.717, 1.165) is 6.42 Å². The summed E-state index contributed by atoms with van der Waals surface area (Å²) in [5.41, 5.74) is 3.09. The molecule has 1 atom stereocenters. The van der Waals surface area contributed by atoms with Crippen LogP contribution in [0.15, 0.2) is 48.5 Å². The van der Waals surface area contributed by atoms with Crippen molar-refractivity contribution in [2.24, 2.45) is 0 Å². The van der Waals surface area contributed by atoms with Crippen LogP contribution in [0.1, 0.15) is 49.4 Å². The lowest BCUT2D eigenvalue weighted by Gasteiger charge is -2.15. The van der Waals surface area contributed by atoms with Crippen LogP contribution in [-0.4, -0.2) is 19.0 Å². The maximum atomic E-state index is 13.7. The molecule has 4 heteroatoms. The van der Waals surface area contributed by atoms with Gasteiger partial charge in [-0.05, 0) is 36.5 Å². The molecule has 0 spiro atoms. The molecule has 2 N–H and O–H groups in total. The molecule has 1 amide bonds. The summed E-state index contributed by atoms with van der Waals surface area (Å²) in [6.45, 7) is 6.95. The van der Waals surface area contributed by atoms with E-state index in [1.807, 2.05) is 6.92 Å². The van der Waals surface area contributed by atoms with Gasteiger partial charge in [0.25, 0.3) is 0 Å². The van der Waals surface area contributed by atoms with E-state index >= 15 is 0 Å². The molecule has 0 bridgehead atoms. The van der Waals surface area contributed by atoms with Crippen molar-refractivity contribution < 1.29 is 9.18 Å². The van der Waals surface area contributed by atoms with E-state index in [0.29, 0.717) is 18.0 Å². The number of benzene rings is 2. The number of carbonyl (C=O) groups is 1. The Morgan fingerprint density at radius 3 is 2.36 bits per heavy atom. The minimum absolute atomic E-state index is 0.0815. The number of rotatable bonds is 8. The van der Waals surface area contributed by atoms with E-state index in [2.05, 4.69) is 48.7 Å². The molecule has 0 aliphatic heterocycles. The first-order valence-corrected chi connectivity index (χ1v) is 8.80. The molecule has 0 heterocycles. The van der Waals surface area contributed by atoms with Crippen LogP contribution in [0.4, 0.5) is 4.39 Å². The van der Waals surface area contributed by atoms with E-state index in [9.17, 15) is 9.18 Å². The van der Waals surface area contributed by atoms with Gasteiger partial charge in [-0.15, -0.1) is 0 Å². The standard InChI is InChI=1S/C21H27FN2O/c1-15(2)18-10-8-17(9-11-18)12-13-23-21(25)14-24-16(3)19-6-4-5-7-20(19)22/h4-11,15-16,24H,12-14H2,1-3H3,(H,23,25). The smallest absolute Gasteiger partial charge is 0.233 e. The maximum Gasteiger partial charge on any atom is 0.233 e. The average molecular weight is 342 g/mol. The average Bonchev–Trinajstić information content (AvgIpc) is 2.60. The van der Waals surface area contributed by atoms with Crippen molar-refractivity contribution in [1.29, 1.82) is 0 Å². The normalized spacial score (nSPS) is 12.2. The molecule has 0 aromatic heterocycles. The number of halogens is 1. The summed E-state index contributed by atoms with van der Waals surface area (Å²) in [6.07, 6.45) is 0.799. The van der Waals surface area contributed by atoms with Crippen LogP contribution in [0.25, 0.3) is 0 Å². The summed E-state index contributed by atoms with van der Waals surface area (Å²) >= 11 is 0. The summed E-state index contributed by atoms with van der Waals surface area (Å²) in [4.78, 5) is 11.9. The Bertz CT molecular complexity index is 683. The predicted octanol–water partition coefficient (Wildman–Crippen LogP) is 3.96. The Hall–Kier alpha value is -2.20. The van der Waals surface area contributed by atoms with Gasteiger partial charge in [0.2, 0.25) is 5.91 Å². The molecule has 2 aromatic rings. The van der Waals surface area contributed by atoms with Crippen LogP contribution >= 0.6 is 0 Å². The second-order valence-corrected chi connectivity index (χ2v) is 6.62. The predicted molar refractivity (Wildman–Crippen MR) is 100 cm³/mol. The Labute approximate surface area is 149 Å². The van der Waals surface area contributed by atoms with Gasteiger partial charge < -0.3 is 10.6 Å². The fourth-order valence-electron chi connectivity index (χ4n) is 2.66. The van der Waals surface area contributed by atoms with Crippen molar-refractivity contribution in [3.8, 4) is 0 Å². The molecule has 1 unspecified atom stereocenters. The molecular weight excluding hydrogens is 315 g/mol. The zero-order chi connectivity index (χ0) is 18.2. The molecule has 0 saturated heterocycles. The van der Waals surface area contributed by atoms with Gasteiger partial charge in [0.1, 0.15) is 5.82 Å². The molecule has 0 saturated carbocycles. The van der Waals surface area contributed by atoms with Gasteiger partial charge in [0.15, 0.2) is 0 Å². The zero-order valence-corrected chi connectivity index (χ0v) is 15.2. The van der Waals surface area contributed by atoms with Gasteiger partial charge in [0, 0.05) is 18.2 Å². The van der Waals surface area contributed by atoms with Gasteiger partial charge in [-0.1, -0.05) is 56.3 Å². The number of amides is 1. The second-order valence-electron chi connectivity index (χ2n) is 6.62. The molecule has 0 radical (unpaired) electrons. The molecule has 2 rings (SSSR count). The summed E-state index contributed by atoms with van der Waals surface area (Å²) in [7, 11) is 0. The SMILES string of the molecule is CC(C)c1ccc(CCNC(=O)CNC(C)c2ccccc2F)cc1. The second kappa shape index (κ2) is 9.33. The van der Waals surface area contributed by atoms with E-state index < -0.39 is 0 Å². The first-order valence-electron chi connectivity index (χ1n) is 8.80. The van der Waals surface area contributed by atoms with Crippen LogP contribution in [0.5, 0.6) is 0 Å². The highest BCUT2D eigenvalue weighted by Crippen LogP contribution is 2.16. The van der Waals surface area contributed by atoms with Crippen molar-refractivity contribution in [1.82, 2.24) is 10.6 Å². The van der Waals surface area contributed by atoms with Crippen molar-refractivity contribution >= 4 is 5.91 Å². The lowest BCUT2D eigenvalue weighted by Crippen LogP contribution is -2.36. The summed E-state index contributed by atoms with van der Waals surface area (Å²) in [5.74, 6) is 0.186. The highest BCUT2D eigenvalue weighted by Gasteiger charge is 2.11. The van der Waals surface area contributed by atoms with Gasteiger partial charge in [-0.3, -0.25) is 4.79 Å². The van der Waals surface area contributed by atoms with Gasteiger partial charge in [0.05, 0.1) is 6.54 Å². The highest BCUT2D eigenvalue weighted by atomic mass is 19.1. The lowest BCUT2D eigenvalue weighted by molar-refractivity contribution is -0.120. The van der Waals surface area contributed by atoms with Crippen molar-refractivity contribution in [3.63, 3.8) is 0 Å². The monoisotopic (exact) mass is 342 g/mol. The topological polar surface area (TPSA) is 41.1 Å². The number of carbonyl (C=O) groups excluding carboxylic acids is 1. The molecule has 25 heavy (non-hydrogen) atoms. The third kappa shape index (κ3) is 5.98. The fraction of sp³-hybridized carbons (Fsp3) is 0.381. The number of hydrogen-bond acceptors (Lipinski definition) is 2.